The first-order valence-corrected chi connectivity index (χ1v) is 21.5. The van der Waals surface area contributed by atoms with Crippen LogP contribution in [0.3, 0.4) is 0 Å². The van der Waals surface area contributed by atoms with Gasteiger partial charge in [0.25, 0.3) is 0 Å². The molecule has 0 saturated carbocycles. The standard InChI is InChI=1S/C54H32N2OS2/c1-2-12-35(13-3-1)56-46-18-8-4-14-38(46)42-28-33(22-25-47(42)56)34-29-45-41-17-7-11-21-52(41)59-54(45)48(30-34)55(36-23-26-50-43(31-36)39-15-5-9-19-49(39)57-50)37-24-27-53-44(32-37)40-16-6-10-20-51(40)58-53/h1-32H. The van der Waals surface area contributed by atoms with Gasteiger partial charge in [0.2, 0.25) is 0 Å². The number of thiophene rings is 2. The Morgan fingerprint density at radius 3 is 1.83 bits per heavy atom. The van der Waals surface area contributed by atoms with Gasteiger partial charge in [-0.2, -0.15) is 0 Å². The summed E-state index contributed by atoms with van der Waals surface area (Å²) >= 11 is 3.72. The number of fused-ring (bicyclic) bond motifs is 12. The summed E-state index contributed by atoms with van der Waals surface area (Å²) in [6.45, 7) is 0. The van der Waals surface area contributed by atoms with Gasteiger partial charge < -0.3 is 13.9 Å². The molecule has 13 aromatic rings. The van der Waals surface area contributed by atoms with Crippen molar-refractivity contribution in [2.24, 2.45) is 0 Å². The molecule has 0 fully saturated rings. The van der Waals surface area contributed by atoms with E-state index in [-0.39, 0.29) is 0 Å². The highest BCUT2D eigenvalue weighted by molar-refractivity contribution is 7.26. The van der Waals surface area contributed by atoms with Crippen molar-refractivity contribution < 1.29 is 4.42 Å². The first kappa shape index (κ1) is 32.9. The number of hydrogen-bond donors (Lipinski definition) is 0. The van der Waals surface area contributed by atoms with Crippen LogP contribution in [0, 0.1) is 0 Å². The first-order valence-electron chi connectivity index (χ1n) is 19.9. The third-order valence-corrected chi connectivity index (χ3v) is 14.3. The molecule has 9 aromatic carbocycles. The molecule has 0 bridgehead atoms. The van der Waals surface area contributed by atoms with Gasteiger partial charge in [0, 0.05) is 74.3 Å². The van der Waals surface area contributed by atoms with Crippen molar-refractivity contribution in [1.29, 1.82) is 0 Å². The summed E-state index contributed by atoms with van der Waals surface area (Å²) in [5.74, 6) is 0. The quantitative estimate of drug-likeness (QED) is 0.173. The van der Waals surface area contributed by atoms with Gasteiger partial charge in [0.15, 0.2) is 0 Å². The monoisotopic (exact) mass is 788 g/mol. The summed E-state index contributed by atoms with van der Waals surface area (Å²) in [7, 11) is 0. The predicted molar refractivity (Wildman–Crippen MR) is 254 cm³/mol. The molecule has 0 amide bonds. The van der Waals surface area contributed by atoms with E-state index in [1.165, 1.54) is 73.3 Å². The SMILES string of the molecule is c1ccc(-n2c3ccccc3c3cc(-c4cc(N(c5ccc6oc7ccccc7c6c5)c5ccc6sc7ccccc7c6c5)c5sc6ccccc6c5c4)ccc32)cc1. The van der Waals surface area contributed by atoms with Crippen LogP contribution in [0.1, 0.15) is 0 Å². The van der Waals surface area contributed by atoms with Gasteiger partial charge in [0.1, 0.15) is 11.2 Å². The molecule has 0 N–H and O–H groups in total. The Kier molecular flexibility index (Phi) is 7.05. The Morgan fingerprint density at radius 1 is 0.373 bits per heavy atom. The maximum absolute atomic E-state index is 6.36. The van der Waals surface area contributed by atoms with Crippen LogP contribution in [0.5, 0.6) is 0 Å². The van der Waals surface area contributed by atoms with Crippen LogP contribution in [0.2, 0.25) is 0 Å². The average Bonchev–Trinajstić information content (AvgIpc) is 4.05. The average molecular weight is 789 g/mol. The molecule has 13 rings (SSSR count). The molecule has 276 valence electrons. The van der Waals surface area contributed by atoms with Crippen LogP contribution >= 0.6 is 22.7 Å². The predicted octanol–water partition coefficient (Wildman–Crippen LogP) is 16.6. The largest absolute Gasteiger partial charge is 0.456 e. The van der Waals surface area contributed by atoms with Crippen molar-refractivity contribution >= 4 is 124 Å². The lowest BCUT2D eigenvalue weighted by molar-refractivity contribution is 0.669. The van der Waals surface area contributed by atoms with Gasteiger partial charge in [-0.15, -0.1) is 22.7 Å². The molecule has 4 heterocycles. The number of rotatable bonds is 5. The molecule has 0 aliphatic rings. The van der Waals surface area contributed by atoms with Crippen LogP contribution in [-0.2, 0) is 0 Å². The topological polar surface area (TPSA) is 21.3 Å². The van der Waals surface area contributed by atoms with Gasteiger partial charge in [-0.1, -0.05) is 97.1 Å². The third-order valence-electron chi connectivity index (χ3n) is 12.0. The van der Waals surface area contributed by atoms with Gasteiger partial charge in [-0.25, -0.2) is 0 Å². The minimum Gasteiger partial charge on any atom is -0.456 e. The second-order valence-corrected chi connectivity index (χ2v) is 17.4. The van der Waals surface area contributed by atoms with E-state index >= 15 is 0 Å². The summed E-state index contributed by atoms with van der Waals surface area (Å²) in [5, 5.41) is 9.79. The maximum Gasteiger partial charge on any atom is 0.135 e. The van der Waals surface area contributed by atoms with E-state index in [0.29, 0.717) is 0 Å². The van der Waals surface area contributed by atoms with Gasteiger partial charge in [-0.05, 0) is 108 Å². The van der Waals surface area contributed by atoms with Crippen molar-refractivity contribution in [3.63, 3.8) is 0 Å². The van der Waals surface area contributed by atoms with Crippen molar-refractivity contribution in [3.05, 3.63) is 194 Å². The van der Waals surface area contributed by atoms with E-state index < -0.39 is 0 Å². The van der Waals surface area contributed by atoms with Crippen LogP contribution in [0.25, 0.3) is 101 Å². The molecule has 0 atom stereocenters. The van der Waals surface area contributed by atoms with E-state index in [1.807, 2.05) is 28.7 Å². The van der Waals surface area contributed by atoms with E-state index in [1.54, 1.807) is 0 Å². The van der Waals surface area contributed by atoms with Gasteiger partial charge in [-0.3, -0.25) is 0 Å². The molecule has 59 heavy (non-hydrogen) atoms. The first-order chi connectivity index (χ1) is 29.2. The third kappa shape index (κ3) is 4.99. The molecular weight excluding hydrogens is 757 g/mol. The summed E-state index contributed by atoms with van der Waals surface area (Å²) in [5.41, 5.74) is 11.1. The lowest BCUT2D eigenvalue weighted by atomic mass is 9.98. The summed E-state index contributed by atoms with van der Waals surface area (Å²) in [4.78, 5) is 2.48. The fourth-order valence-electron chi connectivity index (χ4n) is 9.28. The summed E-state index contributed by atoms with van der Waals surface area (Å²) in [6.07, 6.45) is 0. The van der Waals surface area contributed by atoms with Crippen molar-refractivity contribution in [1.82, 2.24) is 4.57 Å². The summed E-state index contributed by atoms with van der Waals surface area (Å²) < 4.78 is 13.9. The minimum absolute atomic E-state index is 0.887. The zero-order valence-electron chi connectivity index (χ0n) is 31.6. The number of benzene rings is 9. The molecule has 5 heteroatoms. The smallest absolute Gasteiger partial charge is 0.135 e. The number of nitrogens with zero attached hydrogens (tertiary/aromatic N) is 2. The van der Waals surface area contributed by atoms with E-state index in [9.17, 15) is 0 Å². The Hall–Kier alpha value is -7.18. The molecule has 0 spiro atoms. The number of aromatic nitrogens is 1. The van der Waals surface area contributed by atoms with Gasteiger partial charge in [0.05, 0.1) is 21.4 Å². The lowest BCUT2D eigenvalue weighted by Crippen LogP contribution is -2.10. The summed E-state index contributed by atoms with van der Waals surface area (Å²) in [6, 6.07) is 70.9. The molecule has 4 aromatic heterocycles. The second-order valence-electron chi connectivity index (χ2n) is 15.3. The highest BCUT2D eigenvalue weighted by Gasteiger charge is 2.23. The number of hydrogen-bond acceptors (Lipinski definition) is 4. The number of para-hydroxylation sites is 3. The van der Waals surface area contributed by atoms with Crippen LogP contribution < -0.4 is 4.90 Å². The van der Waals surface area contributed by atoms with E-state index in [0.717, 1.165) is 44.7 Å². The van der Waals surface area contributed by atoms with Crippen LogP contribution in [0.15, 0.2) is 199 Å². The van der Waals surface area contributed by atoms with Crippen molar-refractivity contribution in [3.8, 4) is 16.8 Å². The van der Waals surface area contributed by atoms with Crippen LogP contribution in [0.4, 0.5) is 17.1 Å². The Labute approximate surface area is 346 Å². The molecule has 0 saturated heterocycles. The van der Waals surface area contributed by atoms with Crippen molar-refractivity contribution in [2.75, 3.05) is 4.90 Å². The lowest BCUT2D eigenvalue weighted by Gasteiger charge is -2.27. The fourth-order valence-corrected chi connectivity index (χ4v) is 11.6. The number of anilines is 3. The molecule has 3 nitrogen and oxygen atoms in total. The minimum atomic E-state index is 0.887. The Bertz CT molecular complexity index is 3700. The highest BCUT2D eigenvalue weighted by atomic mass is 32.1. The molecule has 0 aliphatic carbocycles. The fraction of sp³-hybridized carbons (Fsp3) is 0. The Morgan fingerprint density at radius 2 is 0.983 bits per heavy atom. The van der Waals surface area contributed by atoms with E-state index in [2.05, 4.69) is 198 Å². The van der Waals surface area contributed by atoms with Crippen LogP contribution in [-0.4, -0.2) is 4.57 Å². The zero-order valence-corrected chi connectivity index (χ0v) is 33.2. The van der Waals surface area contributed by atoms with Gasteiger partial charge >= 0.3 is 0 Å². The van der Waals surface area contributed by atoms with E-state index in [4.69, 9.17) is 4.42 Å². The zero-order chi connectivity index (χ0) is 38.6. The second kappa shape index (κ2) is 12.7. The number of furan rings is 1. The maximum atomic E-state index is 6.36. The Balaban J connectivity index is 1.10. The molecular formula is C54H32N2OS2. The highest BCUT2D eigenvalue weighted by Crippen LogP contribution is 2.49. The molecule has 0 unspecified atom stereocenters. The normalized spacial score (nSPS) is 12.1. The molecule has 0 aliphatic heterocycles. The molecule has 0 radical (unpaired) electrons. The van der Waals surface area contributed by atoms with Crippen molar-refractivity contribution in [2.45, 2.75) is 0 Å².